The van der Waals surface area contributed by atoms with E-state index in [9.17, 15) is 0 Å². The number of allylic oxidation sites excluding steroid dienone is 2. The van der Waals surface area contributed by atoms with Crippen molar-refractivity contribution in [3.8, 4) is 0 Å². The van der Waals surface area contributed by atoms with Gasteiger partial charge in [0.15, 0.2) is 0 Å². The van der Waals surface area contributed by atoms with Crippen molar-refractivity contribution in [2.75, 3.05) is 11.9 Å². The molecule has 0 saturated heterocycles. The molecule has 1 aromatic rings. The van der Waals surface area contributed by atoms with Crippen LogP contribution in [0.1, 0.15) is 0 Å². The first-order valence-electron chi connectivity index (χ1n) is 4.65. The average molecular weight is 184 g/mol. The van der Waals surface area contributed by atoms with Gasteiger partial charge in [0.05, 0.1) is 6.54 Å². The predicted molar refractivity (Wildman–Crippen MR) is 60.6 cm³/mol. The summed E-state index contributed by atoms with van der Waals surface area (Å²) in [5, 5.41) is 3.24. The van der Waals surface area contributed by atoms with Gasteiger partial charge in [0, 0.05) is 5.69 Å². The summed E-state index contributed by atoms with van der Waals surface area (Å²) in [5.41, 5.74) is 1.07. The summed E-state index contributed by atoms with van der Waals surface area (Å²) in [7, 11) is 0. The SMILES string of the molecule is C1=CCN=C(Nc2ccccc2)C=C1. The number of aliphatic imine (C=N–C) groups is 1. The van der Waals surface area contributed by atoms with Gasteiger partial charge in [-0.25, -0.2) is 0 Å². The third-order valence-corrected chi connectivity index (χ3v) is 1.91. The van der Waals surface area contributed by atoms with Crippen LogP contribution in [0, 0.1) is 0 Å². The Bertz CT molecular complexity index is 375. The summed E-state index contributed by atoms with van der Waals surface area (Å²) in [5.74, 6) is 0.904. The molecule has 1 N–H and O–H groups in total. The second-order valence-electron chi connectivity index (χ2n) is 3.00. The maximum absolute atomic E-state index is 4.35. The Morgan fingerprint density at radius 3 is 2.79 bits per heavy atom. The van der Waals surface area contributed by atoms with Crippen LogP contribution in [0.2, 0.25) is 0 Å². The Hall–Kier alpha value is -1.83. The number of benzene rings is 1. The van der Waals surface area contributed by atoms with Gasteiger partial charge in [-0.2, -0.15) is 0 Å². The van der Waals surface area contributed by atoms with Crippen LogP contribution in [-0.2, 0) is 0 Å². The van der Waals surface area contributed by atoms with Crippen LogP contribution in [0.25, 0.3) is 0 Å². The molecule has 1 heterocycles. The van der Waals surface area contributed by atoms with Gasteiger partial charge >= 0.3 is 0 Å². The first-order valence-corrected chi connectivity index (χ1v) is 4.65. The molecule has 2 nitrogen and oxygen atoms in total. The third kappa shape index (κ3) is 2.33. The Morgan fingerprint density at radius 1 is 1.07 bits per heavy atom. The number of hydrogen-bond acceptors (Lipinski definition) is 2. The minimum absolute atomic E-state index is 0.738. The van der Waals surface area contributed by atoms with Gasteiger partial charge in [0.25, 0.3) is 0 Å². The second-order valence-corrected chi connectivity index (χ2v) is 3.00. The fraction of sp³-hybridized carbons (Fsp3) is 0.0833. The van der Waals surface area contributed by atoms with Gasteiger partial charge in [0.2, 0.25) is 0 Å². The van der Waals surface area contributed by atoms with E-state index in [0.29, 0.717) is 0 Å². The largest absolute Gasteiger partial charge is 0.341 e. The summed E-state index contributed by atoms with van der Waals surface area (Å²) in [6, 6.07) is 10.0. The minimum atomic E-state index is 0.738. The number of rotatable bonds is 1. The van der Waals surface area contributed by atoms with Crippen LogP contribution in [-0.4, -0.2) is 12.4 Å². The molecule has 70 valence electrons. The van der Waals surface area contributed by atoms with Crippen molar-refractivity contribution in [1.82, 2.24) is 0 Å². The lowest BCUT2D eigenvalue weighted by Gasteiger charge is -2.04. The molecule has 1 aliphatic rings. The molecule has 0 unspecified atom stereocenters. The topological polar surface area (TPSA) is 24.4 Å². The van der Waals surface area contributed by atoms with Crippen molar-refractivity contribution in [2.24, 2.45) is 4.99 Å². The Balaban J connectivity index is 2.08. The van der Waals surface area contributed by atoms with Crippen LogP contribution in [0.3, 0.4) is 0 Å². The molecule has 0 aliphatic carbocycles. The Labute approximate surface area is 83.7 Å². The lowest BCUT2D eigenvalue weighted by atomic mass is 10.3. The Morgan fingerprint density at radius 2 is 1.93 bits per heavy atom. The molecule has 2 heteroatoms. The standard InChI is InChI=1S/C12H12N2/c1-3-7-11(8-4-1)14-12-9-5-2-6-10-13-12/h1-9H,10H2,(H,13,14). The molecular weight excluding hydrogens is 172 g/mol. The van der Waals surface area contributed by atoms with E-state index >= 15 is 0 Å². The fourth-order valence-electron chi connectivity index (χ4n) is 1.24. The Kier molecular flexibility index (Phi) is 2.76. The van der Waals surface area contributed by atoms with Gasteiger partial charge in [-0.15, -0.1) is 0 Å². The first kappa shape index (κ1) is 8.75. The van der Waals surface area contributed by atoms with Crippen LogP contribution in [0.5, 0.6) is 0 Å². The normalized spacial score (nSPS) is 14.7. The summed E-state index contributed by atoms with van der Waals surface area (Å²) < 4.78 is 0. The fourth-order valence-corrected chi connectivity index (χ4v) is 1.24. The van der Waals surface area contributed by atoms with Gasteiger partial charge in [-0.05, 0) is 18.2 Å². The molecule has 0 radical (unpaired) electrons. The van der Waals surface area contributed by atoms with E-state index in [1.807, 2.05) is 54.6 Å². The van der Waals surface area contributed by atoms with E-state index in [1.54, 1.807) is 0 Å². The van der Waals surface area contributed by atoms with Gasteiger partial charge in [-0.1, -0.05) is 36.4 Å². The molecule has 0 atom stereocenters. The number of amidine groups is 1. The van der Waals surface area contributed by atoms with Crippen LogP contribution < -0.4 is 5.32 Å². The highest BCUT2D eigenvalue weighted by Crippen LogP contribution is 2.06. The minimum Gasteiger partial charge on any atom is -0.341 e. The quantitative estimate of drug-likeness (QED) is 0.712. The molecule has 0 saturated carbocycles. The van der Waals surface area contributed by atoms with Crippen molar-refractivity contribution in [2.45, 2.75) is 0 Å². The number of nitrogens with one attached hydrogen (secondary N) is 1. The van der Waals surface area contributed by atoms with E-state index in [4.69, 9.17) is 0 Å². The lowest BCUT2D eigenvalue weighted by molar-refractivity contribution is 1.25. The number of anilines is 1. The molecule has 0 aromatic heterocycles. The van der Waals surface area contributed by atoms with Crippen molar-refractivity contribution in [1.29, 1.82) is 0 Å². The highest BCUT2D eigenvalue weighted by atomic mass is 15.0. The molecule has 0 amide bonds. The molecule has 0 bridgehead atoms. The zero-order valence-electron chi connectivity index (χ0n) is 7.85. The van der Waals surface area contributed by atoms with Gasteiger partial charge < -0.3 is 5.32 Å². The van der Waals surface area contributed by atoms with E-state index < -0.39 is 0 Å². The van der Waals surface area contributed by atoms with Crippen molar-refractivity contribution >= 4 is 11.5 Å². The second kappa shape index (κ2) is 4.42. The first-order chi connectivity index (χ1) is 6.95. The highest BCUT2D eigenvalue weighted by molar-refractivity contribution is 6.04. The summed E-state index contributed by atoms with van der Waals surface area (Å²) in [4.78, 5) is 4.35. The molecule has 14 heavy (non-hydrogen) atoms. The third-order valence-electron chi connectivity index (χ3n) is 1.91. The molecule has 1 aromatic carbocycles. The van der Waals surface area contributed by atoms with E-state index in [-0.39, 0.29) is 0 Å². The van der Waals surface area contributed by atoms with Crippen molar-refractivity contribution in [3.63, 3.8) is 0 Å². The number of hydrogen-bond donors (Lipinski definition) is 1. The molecule has 1 aliphatic heterocycles. The summed E-state index contributed by atoms with van der Waals surface area (Å²) in [6.07, 6.45) is 7.98. The van der Waals surface area contributed by atoms with Crippen molar-refractivity contribution < 1.29 is 0 Å². The smallest absolute Gasteiger partial charge is 0.125 e. The summed E-state index contributed by atoms with van der Waals surface area (Å²) >= 11 is 0. The van der Waals surface area contributed by atoms with Crippen LogP contribution in [0.15, 0.2) is 59.6 Å². The van der Waals surface area contributed by atoms with E-state index in [0.717, 1.165) is 18.1 Å². The average Bonchev–Trinajstić information content (AvgIpc) is 2.48. The maximum Gasteiger partial charge on any atom is 0.125 e. The predicted octanol–water partition coefficient (Wildman–Crippen LogP) is 2.62. The van der Waals surface area contributed by atoms with Crippen molar-refractivity contribution in [3.05, 3.63) is 54.6 Å². The van der Waals surface area contributed by atoms with E-state index in [2.05, 4.69) is 10.3 Å². The van der Waals surface area contributed by atoms with Crippen LogP contribution in [0.4, 0.5) is 5.69 Å². The zero-order valence-corrected chi connectivity index (χ0v) is 7.85. The van der Waals surface area contributed by atoms with Gasteiger partial charge in [-0.3, -0.25) is 4.99 Å². The molecular formula is C12H12N2. The van der Waals surface area contributed by atoms with Crippen LogP contribution >= 0.6 is 0 Å². The highest BCUT2D eigenvalue weighted by Gasteiger charge is 1.95. The monoisotopic (exact) mass is 184 g/mol. The molecule has 0 spiro atoms. The van der Waals surface area contributed by atoms with Gasteiger partial charge in [0.1, 0.15) is 5.84 Å². The molecule has 2 rings (SSSR count). The lowest BCUT2D eigenvalue weighted by Crippen LogP contribution is -2.08. The van der Waals surface area contributed by atoms with E-state index in [1.165, 1.54) is 0 Å². The summed E-state index contributed by atoms with van der Waals surface area (Å²) in [6.45, 7) is 0.738. The number of para-hydroxylation sites is 1. The zero-order chi connectivity index (χ0) is 9.64. The molecule has 0 fully saturated rings. The maximum atomic E-state index is 4.35. The number of nitrogens with zero attached hydrogens (tertiary/aromatic N) is 1.